The molecule has 10 heteroatoms. The first-order chi connectivity index (χ1) is 24.4. The van der Waals surface area contributed by atoms with Crippen LogP contribution >= 0.6 is 0 Å². The molecular weight excluding hydrogens is 664 g/mol. The Morgan fingerprint density at radius 1 is 0.904 bits per heavy atom. The number of fused-ring (bicyclic) bond motifs is 1. The van der Waals surface area contributed by atoms with Gasteiger partial charge in [0.05, 0.1) is 42.5 Å². The Balaban J connectivity index is 0.000000616. The number of benzene rings is 2. The van der Waals surface area contributed by atoms with Crippen LogP contribution in [0.15, 0.2) is 48.5 Å². The van der Waals surface area contributed by atoms with Crippen LogP contribution in [0.25, 0.3) is 10.8 Å². The normalized spacial score (nSPS) is 24.1. The molecule has 0 amide bonds. The molecule has 2 N–H and O–H groups in total. The van der Waals surface area contributed by atoms with E-state index in [0.29, 0.717) is 25.4 Å². The fraction of sp³-hybridized carbons (Fsp3) is 0.667. The fourth-order valence-corrected chi connectivity index (χ4v) is 7.73. The summed E-state index contributed by atoms with van der Waals surface area (Å²) in [4.78, 5) is 52.3. The van der Waals surface area contributed by atoms with E-state index in [4.69, 9.17) is 18.9 Å². The highest BCUT2D eigenvalue weighted by Gasteiger charge is 2.49. The largest absolute Gasteiger partial charge is 0.481 e. The van der Waals surface area contributed by atoms with Crippen LogP contribution in [0.1, 0.15) is 113 Å². The topological polar surface area (TPSA) is 146 Å². The molecule has 52 heavy (non-hydrogen) atoms. The van der Waals surface area contributed by atoms with Crippen LogP contribution in [0.2, 0.25) is 0 Å². The lowest BCUT2D eigenvalue weighted by Gasteiger charge is -2.41. The Kier molecular flexibility index (Phi) is 15.7. The lowest BCUT2D eigenvalue weighted by atomic mass is 9.67. The number of hydrogen-bond donors (Lipinski definition) is 2. The molecule has 4 rings (SSSR count). The first-order valence-corrected chi connectivity index (χ1v) is 18.9. The van der Waals surface area contributed by atoms with Crippen LogP contribution in [-0.2, 0) is 38.1 Å². The number of rotatable bonds is 14. The molecule has 2 aromatic rings. The van der Waals surface area contributed by atoms with Gasteiger partial charge in [0, 0.05) is 12.3 Å². The van der Waals surface area contributed by atoms with Crippen molar-refractivity contribution in [2.75, 3.05) is 13.7 Å². The highest BCUT2D eigenvalue weighted by molar-refractivity contribution is 5.82. The molecule has 8 atom stereocenters. The van der Waals surface area contributed by atoms with Gasteiger partial charge in [0.15, 0.2) is 0 Å². The number of esters is 3. The number of carbonyl (C=O) groups is 4. The van der Waals surface area contributed by atoms with Gasteiger partial charge in [0.2, 0.25) is 6.29 Å². The van der Waals surface area contributed by atoms with Gasteiger partial charge in [-0.1, -0.05) is 75.7 Å². The Bertz CT molecular complexity index is 1420. The maximum Gasteiger partial charge on any atom is 0.314 e. The van der Waals surface area contributed by atoms with E-state index in [0.717, 1.165) is 25.7 Å². The molecule has 2 aliphatic rings. The molecule has 8 unspecified atom stereocenters. The van der Waals surface area contributed by atoms with E-state index in [2.05, 4.69) is 55.5 Å². The molecule has 0 spiro atoms. The molecule has 2 fully saturated rings. The van der Waals surface area contributed by atoms with Crippen LogP contribution in [-0.4, -0.2) is 65.8 Å². The summed E-state index contributed by atoms with van der Waals surface area (Å²) in [6.45, 7) is 12.8. The first kappa shape index (κ1) is 42.9. The van der Waals surface area contributed by atoms with Crippen molar-refractivity contribution >= 4 is 34.6 Å². The van der Waals surface area contributed by atoms with E-state index in [-0.39, 0.29) is 31.6 Å². The molecule has 0 aromatic heterocycles. The second-order valence-electron chi connectivity index (χ2n) is 16.2. The van der Waals surface area contributed by atoms with Crippen molar-refractivity contribution in [2.45, 2.75) is 131 Å². The standard InChI is InChI=1S/C32H54O10.C10H8/c1-9-31(6,28(36)37)19-32(7,29(38)41-25-12-10-11-15-40-25)18-22(27(35)39-8)17-21(3)26(34)42-30(4,5)23-14-13-20(2)16-24(23)33;1-2-6-10-8-4-3-7-9(10)5-1/h20-25,33H,9-19H2,1-8H3,(H,36,37);1-8H. The highest BCUT2D eigenvalue weighted by Crippen LogP contribution is 2.44. The lowest BCUT2D eigenvalue weighted by molar-refractivity contribution is -0.200. The van der Waals surface area contributed by atoms with Crippen LogP contribution in [0.4, 0.5) is 0 Å². The molecule has 10 nitrogen and oxygen atoms in total. The number of methoxy groups -OCH3 is 1. The third-order valence-electron chi connectivity index (χ3n) is 11.2. The monoisotopic (exact) mass is 726 g/mol. The Hall–Kier alpha value is -3.50. The van der Waals surface area contributed by atoms with Crippen LogP contribution in [0, 0.1) is 34.5 Å². The fourth-order valence-electron chi connectivity index (χ4n) is 7.73. The zero-order chi connectivity index (χ0) is 38.7. The molecule has 290 valence electrons. The first-order valence-electron chi connectivity index (χ1n) is 18.9. The number of carbonyl (C=O) groups excluding carboxylic acids is 3. The van der Waals surface area contributed by atoms with Crippen molar-refractivity contribution in [3.05, 3.63) is 48.5 Å². The second-order valence-corrected chi connectivity index (χ2v) is 16.2. The summed E-state index contributed by atoms with van der Waals surface area (Å²) in [5.41, 5.74) is -3.54. The average Bonchev–Trinajstić information content (AvgIpc) is 3.11. The number of carboxylic acids is 1. The number of hydrogen-bond acceptors (Lipinski definition) is 9. The minimum Gasteiger partial charge on any atom is -0.481 e. The van der Waals surface area contributed by atoms with E-state index in [1.54, 1.807) is 41.5 Å². The third kappa shape index (κ3) is 11.8. The summed E-state index contributed by atoms with van der Waals surface area (Å²) in [5, 5.41) is 23.3. The van der Waals surface area contributed by atoms with Crippen molar-refractivity contribution in [1.82, 2.24) is 0 Å². The van der Waals surface area contributed by atoms with Crippen molar-refractivity contribution < 1.29 is 48.3 Å². The molecule has 1 saturated carbocycles. The summed E-state index contributed by atoms with van der Waals surface area (Å²) in [7, 11) is 1.24. The number of aliphatic carboxylic acids is 1. The maximum atomic E-state index is 13.7. The molecule has 1 saturated heterocycles. The van der Waals surface area contributed by atoms with Crippen LogP contribution < -0.4 is 0 Å². The van der Waals surface area contributed by atoms with Gasteiger partial charge in [-0.05, 0) is 95.8 Å². The highest BCUT2D eigenvalue weighted by atomic mass is 16.7. The Morgan fingerprint density at radius 2 is 1.50 bits per heavy atom. The minimum atomic E-state index is -1.38. The zero-order valence-electron chi connectivity index (χ0n) is 32.5. The van der Waals surface area contributed by atoms with Crippen molar-refractivity contribution in [3.63, 3.8) is 0 Å². The molecule has 0 bridgehead atoms. The van der Waals surface area contributed by atoms with E-state index in [9.17, 15) is 29.4 Å². The zero-order valence-corrected chi connectivity index (χ0v) is 32.5. The van der Waals surface area contributed by atoms with Crippen LogP contribution in [0.3, 0.4) is 0 Å². The van der Waals surface area contributed by atoms with Gasteiger partial charge in [-0.3, -0.25) is 19.2 Å². The number of ether oxygens (including phenoxy) is 4. The predicted molar refractivity (Wildman–Crippen MR) is 199 cm³/mol. The summed E-state index contributed by atoms with van der Waals surface area (Å²) < 4.78 is 22.3. The van der Waals surface area contributed by atoms with Gasteiger partial charge < -0.3 is 29.2 Å². The van der Waals surface area contributed by atoms with Gasteiger partial charge >= 0.3 is 23.9 Å². The Morgan fingerprint density at radius 3 is 1.98 bits per heavy atom. The van der Waals surface area contributed by atoms with E-state index >= 15 is 0 Å². The predicted octanol–water partition coefficient (Wildman–Crippen LogP) is 8.12. The minimum absolute atomic E-state index is 0.0323. The van der Waals surface area contributed by atoms with E-state index in [1.165, 1.54) is 17.9 Å². The van der Waals surface area contributed by atoms with Crippen LogP contribution in [0.5, 0.6) is 0 Å². The smallest absolute Gasteiger partial charge is 0.314 e. The van der Waals surface area contributed by atoms with Gasteiger partial charge in [-0.15, -0.1) is 0 Å². The van der Waals surface area contributed by atoms with E-state index < -0.39 is 64.5 Å². The quantitative estimate of drug-likeness (QED) is 0.145. The molecule has 1 aliphatic carbocycles. The van der Waals surface area contributed by atoms with E-state index in [1.807, 2.05) is 0 Å². The number of aliphatic hydroxyl groups excluding tert-OH is 1. The second kappa shape index (κ2) is 19.0. The maximum absolute atomic E-state index is 13.7. The molecule has 2 aromatic carbocycles. The summed E-state index contributed by atoms with van der Waals surface area (Å²) in [6.07, 6.45) is 3.43. The SMILES string of the molecule is CCC(C)(CC(C)(CC(CC(C)C(=O)OC(C)(C)C1CCC(C)CC1O)C(=O)OC)C(=O)OC1CCCCO1)C(=O)O.c1ccc2ccccc2c1. The van der Waals surface area contributed by atoms with Gasteiger partial charge in [-0.25, -0.2) is 0 Å². The molecular formula is C42H62O10. The molecule has 1 heterocycles. The molecule has 0 radical (unpaired) electrons. The van der Waals surface area contributed by atoms with Gasteiger partial charge in [-0.2, -0.15) is 0 Å². The third-order valence-corrected chi connectivity index (χ3v) is 11.2. The van der Waals surface area contributed by atoms with Gasteiger partial charge in [0.25, 0.3) is 0 Å². The lowest BCUT2D eigenvalue weighted by Crippen LogP contribution is -2.46. The summed E-state index contributed by atoms with van der Waals surface area (Å²) >= 11 is 0. The Labute approximate surface area is 309 Å². The number of aliphatic hydroxyl groups is 1. The summed E-state index contributed by atoms with van der Waals surface area (Å²) in [6, 6.07) is 16.7. The van der Waals surface area contributed by atoms with Crippen molar-refractivity contribution in [1.29, 1.82) is 0 Å². The summed E-state index contributed by atoms with van der Waals surface area (Å²) in [5.74, 6) is -4.23. The van der Waals surface area contributed by atoms with Crippen molar-refractivity contribution in [3.8, 4) is 0 Å². The van der Waals surface area contributed by atoms with Crippen molar-refractivity contribution in [2.24, 2.45) is 34.5 Å². The average molecular weight is 727 g/mol. The molecule has 1 aliphatic heterocycles. The van der Waals surface area contributed by atoms with Gasteiger partial charge in [0.1, 0.15) is 5.60 Å². The number of carboxylic acid groups (broad SMARTS) is 1.